The van der Waals surface area contributed by atoms with Gasteiger partial charge >= 0.3 is 5.97 Å². The minimum atomic E-state index is -0.774. The summed E-state index contributed by atoms with van der Waals surface area (Å²) in [4.78, 5) is 26.1. The van der Waals surface area contributed by atoms with Gasteiger partial charge in [-0.05, 0) is 30.4 Å². The fourth-order valence-electron chi connectivity index (χ4n) is 1.78. The molecule has 0 atom stereocenters. The van der Waals surface area contributed by atoms with Crippen molar-refractivity contribution < 1.29 is 14.7 Å². The van der Waals surface area contributed by atoms with E-state index in [0.717, 1.165) is 12.8 Å². The molecule has 1 aliphatic rings. The third-order valence-electron chi connectivity index (χ3n) is 3.04. The summed E-state index contributed by atoms with van der Waals surface area (Å²) in [7, 11) is 0. The molecule has 6 heteroatoms. The fraction of sp³-hybridized carbons (Fsp3) is 0.417. The molecule has 1 heterocycles. The number of nitrogens with two attached hydrogens (primary N) is 1. The second kappa shape index (κ2) is 4.97. The monoisotopic (exact) mass is 266 g/mol. The lowest BCUT2D eigenvalue weighted by Gasteiger charge is -2.12. The molecule has 0 bridgehead atoms. The molecule has 0 radical (unpaired) electrons. The zero-order chi connectivity index (χ0) is 13.2. The van der Waals surface area contributed by atoms with Gasteiger partial charge < -0.3 is 10.8 Å². The number of carbonyl (C=O) groups excluding carboxylic acids is 1. The first-order chi connectivity index (χ1) is 8.52. The van der Waals surface area contributed by atoms with Gasteiger partial charge in [-0.1, -0.05) is 0 Å². The van der Waals surface area contributed by atoms with Crippen LogP contribution in [0, 0.1) is 5.41 Å². The third-order valence-corrected chi connectivity index (χ3v) is 4.39. The molecule has 0 saturated heterocycles. The molecule has 0 aliphatic heterocycles. The van der Waals surface area contributed by atoms with E-state index < -0.39 is 11.9 Å². The van der Waals surface area contributed by atoms with Crippen LogP contribution in [-0.2, 0) is 4.79 Å². The molecule has 1 aromatic rings. The lowest BCUT2D eigenvalue weighted by Crippen LogP contribution is -2.14. The Morgan fingerprint density at radius 2 is 2.22 bits per heavy atom. The van der Waals surface area contributed by atoms with Crippen molar-refractivity contribution in [2.24, 2.45) is 11.1 Å². The van der Waals surface area contributed by atoms with Crippen LogP contribution in [0.4, 0.5) is 0 Å². The van der Waals surface area contributed by atoms with Gasteiger partial charge in [0.25, 0.3) is 5.91 Å². The molecule has 18 heavy (non-hydrogen) atoms. The highest BCUT2D eigenvalue weighted by Gasteiger charge is 2.44. The van der Waals surface area contributed by atoms with Gasteiger partial charge in [-0.25, -0.2) is 4.98 Å². The van der Waals surface area contributed by atoms with Crippen molar-refractivity contribution >= 4 is 23.6 Å². The van der Waals surface area contributed by atoms with Crippen LogP contribution >= 0.6 is 11.8 Å². The van der Waals surface area contributed by atoms with Crippen molar-refractivity contribution in [3.8, 4) is 0 Å². The maximum atomic E-state index is 11.2. The number of hydrogen-bond acceptors (Lipinski definition) is 4. The zero-order valence-electron chi connectivity index (χ0n) is 9.76. The van der Waals surface area contributed by atoms with Crippen molar-refractivity contribution in [1.82, 2.24) is 4.98 Å². The van der Waals surface area contributed by atoms with Crippen molar-refractivity contribution in [3.05, 3.63) is 23.9 Å². The number of carboxylic acid groups (broad SMARTS) is 1. The van der Waals surface area contributed by atoms with Gasteiger partial charge in [0.05, 0.1) is 12.0 Å². The van der Waals surface area contributed by atoms with Crippen molar-refractivity contribution in [2.75, 3.05) is 5.75 Å². The van der Waals surface area contributed by atoms with E-state index in [1.54, 1.807) is 18.3 Å². The molecule has 5 nitrogen and oxygen atoms in total. The van der Waals surface area contributed by atoms with Crippen LogP contribution in [0.3, 0.4) is 0 Å². The summed E-state index contributed by atoms with van der Waals surface area (Å²) in [6, 6.07) is 3.29. The van der Waals surface area contributed by atoms with E-state index in [1.807, 2.05) is 0 Å². The predicted octanol–water partition coefficient (Wildman–Crippen LogP) is 1.53. The van der Waals surface area contributed by atoms with E-state index in [0.29, 0.717) is 16.3 Å². The molecular formula is C12H14N2O3S. The molecule has 1 fully saturated rings. The smallest absolute Gasteiger partial charge is 0.303 e. The van der Waals surface area contributed by atoms with E-state index in [9.17, 15) is 9.59 Å². The van der Waals surface area contributed by atoms with Crippen LogP contribution in [0.1, 0.15) is 29.6 Å². The molecule has 2 rings (SSSR count). The van der Waals surface area contributed by atoms with Crippen LogP contribution in [0.25, 0.3) is 0 Å². The van der Waals surface area contributed by atoms with E-state index >= 15 is 0 Å². The first-order valence-corrected chi connectivity index (χ1v) is 6.60. The number of carbonyl (C=O) groups is 2. The van der Waals surface area contributed by atoms with Crippen LogP contribution in [0.2, 0.25) is 0 Å². The Morgan fingerprint density at radius 1 is 1.50 bits per heavy atom. The topological polar surface area (TPSA) is 93.3 Å². The second-order valence-electron chi connectivity index (χ2n) is 4.58. The largest absolute Gasteiger partial charge is 0.481 e. The Kier molecular flexibility index (Phi) is 3.56. The predicted molar refractivity (Wildman–Crippen MR) is 67.4 cm³/mol. The van der Waals surface area contributed by atoms with Crippen LogP contribution in [0.15, 0.2) is 23.4 Å². The minimum Gasteiger partial charge on any atom is -0.481 e. The lowest BCUT2D eigenvalue weighted by atomic mass is 10.1. The summed E-state index contributed by atoms with van der Waals surface area (Å²) < 4.78 is 0. The molecule has 1 aromatic heterocycles. The fourth-order valence-corrected chi connectivity index (χ4v) is 3.08. The molecule has 0 aromatic carbocycles. The SMILES string of the molecule is NC(=O)c1cccnc1SCC1(CC(=O)O)CC1. The summed E-state index contributed by atoms with van der Waals surface area (Å²) in [5.41, 5.74) is 5.54. The van der Waals surface area contributed by atoms with E-state index in [4.69, 9.17) is 10.8 Å². The van der Waals surface area contributed by atoms with Crippen molar-refractivity contribution in [2.45, 2.75) is 24.3 Å². The Morgan fingerprint density at radius 3 is 2.78 bits per heavy atom. The number of hydrogen-bond donors (Lipinski definition) is 2. The summed E-state index contributed by atoms with van der Waals surface area (Å²) >= 11 is 1.41. The second-order valence-corrected chi connectivity index (χ2v) is 5.54. The molecule has 1 amide bonds. The van der Waals surface area contributed by atoms with E-state index in [2.05, 4.69) is 4.98 Å². The van der Waals surface area contributed by atoms with Gasteiger partial charge in [0.1, 0.15) is 5.03 Å². The number of aromatic nitrogens is 1. The van der Waals surface area contributed by atoms with Crippen LogP contribution < -0.4 is 5.73 Å². The number of thioether (sulfide) groups is 1. The van der Waals surface area contributed by atoms with Crippen LogP contribution in [-0.4, -0.2) is 27.7 Å². The van der Waals surface area contributed by atoms with Crippen molar-refractivity contribution in [1.29, 1.82) is 0 Å². The molecular weight excluding hydrogens is 252 g/mol. The number of carboxylic acids is 1. The van der Waals surface area contributed by atoms with Crippen molar-refractivity contribution in [3.63, 3.8) is 0 Å². The molecule has 0 spiro atoms. The Balaban J connectivity index is 2.03. The summed E-state index contributed by atoms with van der Waals surface area (Å²) in [6.07, 6.45) is 3.63. The summed E-state index contributed by atoms with van der Waals surface area (Å²) in [5, 5.41) is 9.41. The highest BCUT2D eigenvalue weighted by Crippen LogP contribution is 2.51. The number of primary amides is 1. The van der Waals surface area contributed by atoms with Gasteiger partial charge in [0, 0.05) is 11.9 Å². The number of aliphatic carboxylic acids is 1. The lowest BCUT2D eigenvalue weighted by molar-refractivity contribution is -0.138. The van der Waals surface area contributed by atoms with Crippen LogP contribution in [0.5, 0.6) is 0 Å². The molecule has 1 aliphatic carbocycles. The zero-order valence-corrected chi connectivity index (χ0v) is 10.6. The first-order valence-electron chi connectivity index (χ1n) is 5.62. The number of amides is 1. The summed E-state index contributed by atoms with van der Waals surface area (Å²) in [5.74, 6) is -0.616. The van der Waals surface area contributed by atoms with Gasteiger partial charge in [-0.2, -0.15) is 0 Å². The van der Waals surface area contributed by atoms with Gasteiger partial charge in [-0.3, -0.25) is 9.59 Å². The first kappa shape index (κ1) is 12.9. The average molecular weight is 266 g/mol. The van der Waals surface area contributed by atoms with E-state index in [-0.39, 0.29) is 11.8 Å². The van der Waals surface area contributed by atoms with Gasteiger partial charge in [0.15, 0.2) is 0 Å². The Bertz CT molecular complexity index is 486. The van der Waals surface area contributed by atoms with Gasteiger partial charge in [0.2, 0.25) is 0 Å². The highest BCUT2D eigenvalue weighted by molar-refractivity contribution is 7.99. The standard InChI is InChI=1S/C12H14N2O3S/c13-10(17)8-2-1-5-14-11(8)18-7-12(3-4-12)6-9(15)16/h1-2,5H,3-4,6-7H2,(H2,13,17)(H,15,16). The molecule has 3 N–H and O–H groups in total. The quantitative estimate of drug-likeness (QED) is 0.761. The number of nitrogens with zero attached hydrogens (tertiary/aromatic N) is 1. The molecule has 1 saturated carbocycles. The maximum Gasteiger partial charge on any atom is 0.303 e. The minimum absolute atomic E-state index is 0.122. The number of pyridine rings is 1. The Labute approximate surface area is 109 Å². The molecule has 0 unspecified atom stereocenters. The van der Waals surface area contributed by atoms with Gasteiger partial charge in [-0.15, -0.1) is 11.8 Å². The maximum absolute atomic E-state index is 11.2. The third kappa shape index (κ3) is 3.01. The Hall–Kier alpha value is -1.56. The van der Waals surface area contributed by atoms with E-state index in [1.165, 1.54) is 11.8 Å². The normalized spacial score (nSPS) is 16.2. The highest BCUT2D eigenvalue weighted by atomic mass is 32.2. The molecule has 96 valence electrons. The summed E-state index contributed by atoms with van der Waals surface area (Å²) in [6.45, 7) is 0. The average Bonchev–Trinajstić information content (AvgIpc) is 3.06. The number of rotatable bonds is 6.